The molecule has 1 aromatic rings. The number of hydrogen-bond acceptors (Lipinski definition) is 2. The molecule has 1 saturated carbocycles. The Morgan fingerprint density at radius 2 is 1.53 bits per heavy atom. The molecule has 1 aromatic carbocycles. The number of ether oxygens (including phenoxy) is 1. The Bertz CT molecular complexity index is 389. The molecule has 0 bridgehead atoms. The monoisotopic (exact) mass is 234 g/mol. The van der Waals surface area contributed by atoms with Gasteiger partial charge in [-0.2, -0.15) is 0 Å². The molecule has 2 heteroatoms. The first kappa shape index (κ1) is 12.4. The topological polar surface area (TPSA) is 29.5 Å². The van der Waals surface area contributed by atoms with Crippen molar-refractivity contribution in [2.45, 2.75) is 33.8 Å². The molecule has 0 amide bonds. The Morgan fingerprint density at radius 3 is 1.88 bits per heavy atom. The van der Waals surface area contributed by atoms with E-state index in [4.69, 9.17) is 4.74 Å². The lowest BCUT2D eigenvalue weighted by molar-refractivity contribution is 0.130. The van der Waals surface area contributed by atoms with Crippen molar-refractivity contribution in [1.82, 2.24) is 0 Å². The van der Waals surface area contributed by atoms with Gasteiger partial charge in [-0.15, -0.1) is 0 Å². The van der Waals surface area contributed by atoms with Crippen molar-refractivity contribution in [2.75, 3.05) is 7.11 Å². The van der Waals surface area contributed by atoms with Crippen LogP contribution in [0.2, 0.25) is 0 Å². The number of aliphatic hydroxyl groups excluding tert-OH is 1. The Morgan fingerprint density at radius 1 is 1.06 bits per heavy atom. The van der Waals surface area contributed by atoms with Crippen LogP contribution in [0.15, 0.2) is 24.3 Å². The van der Waals surface area contributed by atoms with Gasteiger partial charge >= 0.3 is 0 Å². The van der Waals surface area contributed by atoms with E-state index in [1.54, 1.807) is 7.11 Å². The quantitative estimate of drug-likeness (QED) is 0.868. The number of rotatable bonds is 3. The summed E-state index contributed by atoms with van der Waals surface area (Å²) in [5.41, 5.74) is 1.38. The van der Waals surface area contributed by atoms with Crippen molar-refractivity contribution in [1.29, 1.82) is 0 Å². The van der Waals surface area contributed by atoms with E-state index in [0.29, 0.717) is 5.92 Å². The van der Waals surface area contributed by atoms with E-state index >= 15 is 0 Å². The van der Waals surface area contributed by atoms with Crippen molar-refractivity contribution >= 4 is 0 Å². The van der Waals surface area contributed by atoms with Crippen molar-refractivity contribution in [2.24, 2.45) is 16.7 Å². The van der Waals surface area contributed by atoms with E-state index in [-0.39, 0.29) is 16.9 Å². The first-order valence-corrected chi connectivity index (χ1v) is 6.14. The maximum atomic E-state index is 10.5. The summed E-state index contributed by atoms with van der Waals surface area (Å²) in [6.45, 7) is 8.91. The van der Waals surface area contributed by atoms with Gasteiger partial charge in [0.05, 0.1) is 13.2 Å². The second-order valence-electron chi connectivity index (χ2n) is 6.14. The summed E-state index contributed by atoms with van der Waals surface area (Å²) in [6, 6.07) is 7.71. The maximum Gasteiger partial charge on any atom is 0.118 e. The Kier molecular flexibility index (Phi) is 2.74. The fourth-order valence-electron chi connectivity index (χ4n) is 3.03. The highest BCUT2D eigenvalue weighted by Crippen LogP contribution is 2.72. The normalized spacial score (nSPS) is 23.2. The lowest BCUT2D eigenvalue weighted by atomic mass is 9.99. The van der Waals surface area contributed by atoms with Crippen molar-refractivity contribution in [3.05, 3.63) is 29.8 Å². The molecule has 2 nitrogen and oxygen atoms in total. The average molecular weight is 234 g/mol. The van der Waals surface area contributed by atoms with E-state index in [2.05, 4.69) is 27.7 Å². The molecule has 1 N–H and O–H groups in total. The summed E-state index contributed by atoms with van der Waals surface area (Å²) < 4.78 is 5.13. The highest BCUT2D eigenvalue weighted by Gasteiger charge is 2.67. The zero-order valence-corrected chi connectivity index (χ0v) is 11.3. The maximum absolute atomic E-state index is 10.5. The van der Waals surface area contributed by atoms with Gasteiger partial charge in [0.2, 0.25) is 0 Å². The van der Waals surface area contributed by atoms with E-state index < -0.39 is 0 Å². The van der Waals surface area contributed by atoms with E-state index in [1.807, 2.05) is 24.3 Å². The minimum atomic E-state index is -0.383. The SMILES string of the molecule is COc1ccc(C(O)C2C(C)(C)C2(C)C)cc1. The summed E-state index contributed by atoms with van der Waals surface area (Å²) in [7, 11) is 1.65. The third-order valence-electron chi connectivity index (χ3n) is 4.91. The summed E-state index contributed by atoms with van der Waals surface area (Å²) in [5, 5.41) is 10.5. The van der Waals surface area contributed by atoms with Crippen molar-refractivity contribution in [3.63, 3.8) is 0 Å². The molecule has 2 rings (SSSR count). The predicted octanol–water partition coefficient (Wildman–Crippen LogP) is 3.41. The summed E-state index contributed by atoms with van der Waals surface area (Å²) in [6.07, 6.45) is -0.383. The zero-order chi connectivity index (χ0) is 12.8. The lowest BCUT2D eigenvalue weighted by Gasteiger charge is -2.13. The van der Waals surface area contributed by atoms with Crippen LogP contribution < -0.4 is 4.74 Å². The van der Waals surface area contributed by atoms with E-state index in [0.717, 1.165) is 11.3 Å². The predicted molar refractivity (Wildman–Crippen MR) is 69.0 cm³/mol. The standard InChI is InChI=1S/C15H22O2/c1-14(2)13(15(14,3)4)12(16)10-6-8-11(17-5)9-7-10/h6-9,12-13,16H,1-5H3. The number of methoxy groups -OCH3 is 1. The van der Waals surface area contributed by atoms with Crippen LogP contribution in [0.3, 0.4) is 0 Å². The van der Waals surface area contributed by atoms with E-state index in [1.165, 1.54) is 0 Å². The number of benzene rings is 1. The van der Waals surface area contributed by atoms with Crippen LogP contribution in [-0.2, 0) is 0 Å². The highest BCUT2D eigenvalue weighted by atomic mass is 16.5. The van der Waals surface area contributed by atoms with Gasteiger partial charge < -0.3 is 9.84 Å². The van der Waals surface area contributed by atoms with Gasteiger partial charge in [0, 0.05) is 5.92 Å². The molecule has 17 heavy (non-hydrogen) atoms. The van der Waals surface area contributed by atoms with E-state index in [9.17, 15) is 5.11 Å². The Hall–Kier alpha value is -1.02. The largest absolute Gasteiger partial charge is 0.497 e. The summed E-state index contributed by atoms with van der Waals surface area (Å²) >= 11 is 0. The molecule has 0 heterocycles. The van der Waals surface area contributed by atoms with Gasteiger partial charge in [-0.3, -0.25) is 0 Å². The van der Waals surface area contributed by atoms with Gasteiger partial charge in [-0.25, -0.2) is 0 Å². The van der Waals surface area contributed by atoms with Crippen molar-refractivity contribution < 1.29 is 9.84 Å². The van der Waals surface area contributed by atoms with Gasteiger partial charge in [0.1, 0.15) is 5.75 Å². The second kappa shape index (κ2) is 3.74. The molecule has 1 atom stereocenters. The fraction of sp³-hybridized carbons (Fsp3) is 0.600. The number of hydrogen-bond donors (Lipinski definition) is 1. The third kappa shape index (κ3) is 1.75. The summed E-state index contributed by atoms with van der Waals surface area (Å²) in [4.78, 5) is 0. The average Bonchev–Trinajstić information content (AvgIpc) is 2.69. The third-order valence-corrected chi connectivity index (χ3v) is 4.91. The summed E-state index contributed by atoms with van der Waals surface area (Å²) in [5.74, 6) is 1.15. The molecule has 0 saturated heterocycles. The van der Waals surface area contributed by atoms with Crippen LogP contribution in [0.5, 0.6) is 5.75 Å². The molecule has 0 spiro atoms. The molecule has 0 aliphatic heterocycles. The molecule has 1 fully saturated rings. The first-order chi connectivity index (χ1) is 7.82. The zero-order valence-electron chi connectivity index (χ0n) is 11.3. The van der Waals surface area contributed by atoms with Gasteiger partial charge in [-0.1, -0.05) is 39.8 Å². The number of aliphatic hydroxyl groups is 1. The lowest BCUT2D eigenvalue weighted by Crippen LogP contribution is -2.05. The molecule has 0 radical (unpaired) electrons. The molecule has 1 aliphatic carbocycles. The fourth-order valence-corrected chi connectivity index (χ4v) is 3.03. The van der Waals surface area contributed by atoms with Crippen LogP contribution in [0, 0.1) is 16.7 Å². The van der Waals surface area contributed by atoms with Crippen LogP contribution in [0.1, 0.15) is 39.4 Å². The smallest absolute Gasteiger partial charge is 0.118 e. The Labute approximate surface area is 104 Å². The highest BCUT2D eigenvalue weighted by molar-refractivity contribution is 5.31. The van der Waals surface area contributed by atoms with Crippen LogP contribution in [-0.4, -0.2) is 12.2 Å². The minimum Gasteiger partial charge on any atom is -0.497 e. The molecular weight excluding hydrogens is 212 g/mol. The van der Waals surface area contributed by atoms with Gasteiger partial charge in [0.25, 0.3) is 0 Å². The van der Waals surface area contributed by atoms with Crippen LogP contribution >= 0.6 is 0 Å². The molecular formula is C15H22O2. The Balaban J connectivity index is 2.19. The molecule has 0 aromatic heterocycles. The second-order valence-corrected chi connectivity index (χ2v) is 6.14. The molecule has 1 aliphatic rings. The first-order valence-electron chi connectivity index (χ1n) is 6.14. The molecule has 1 unspecified atom stereocenters. The van der Waals surface area contributed by atoms with Gasteiger partial charge in [0.15, 0.2) is 0 Å². The van der Waals surface area contributed by atoms with Crippen LogP contribution in [0.4, 0.5) is 0 Å². The minimum absolute atomic E-state index is 0.201. The van der Waals surface area contributed by atoms with Crippen LogP contribution in [0.25, 0.3) is 0 Å². The molecule has 94 valence electrons. The van der Waals surface area contributed by atoms with Crippen molar-refractivity contribution in [3.8, 4) is 5.75 Å². The van der Waals surface area contributed by atoms with Gasteiger partial charge in [-0.05, 0) is 28.5 Å².